The molecule has 5 nitrogen and oxygen atoms in total. The van der Waals surface area contributed by atoms with Gasteiger partial charge in [0.05, 0.1) is 28.9 Å². The van der Waals surface area contributed by atoms with Crippen molar-refractivity contribution in [3.63, 3.8) is 0 Å². The molecule has 0 radical (unpaired) electrons. The molecular weight excluding hydrogens is 356 g/mol. The number of carboxylic acids is 1. The molecule has 0 saturated heterocycles. The van der Waals surface area contributed by atoms with Crippen LogP contribution in [0.3, 0.4) is 0 Å². The second-order valence-electron chi connectivity index (χ2n) is 5.26. The molecule has 0 fully saturated rings. The van der Waals surface area contributed by atoms with Gasteiger partial charge in [-0.1, -0.05) is 27.7 Å². The molecular formula is C14H17BrN2O3S. The van der Waals surface area contributed by atoms with Crippen molar-refractivity contribution < 1.29 is 14.6 Å². The molecule has 2 rings (SSSR count). The van der Waals surface area contributed by atoms with E-state index in [0.717, 1.165) is 15.5 Å². The second-order valence-corrected chi connectivity index (χ2v) is 7.12. The number of halogens is 1. The number of hydrogen-bond acceptors (Lipinski definition) is 4. The van der Waals surface area contributed by atoms with Gasteiger partial charge in [-0.25, -0.2) is 4.98 Å². The zero-order valence-electron chi connectivity index (χ0n) is 12.1. The molecule has 2 aromatic rings. The van der Waals surface area contributed by atoms with Crippen LogP contribution < -0.4 is 0 Å². The van der Waals surface area contributed by atoms with Crippen LogP contribution >= 0.6 is 27.7 Å². The Bertz CT molecular complexity index is 670. The predicted molar refractivity (Wildman–Crippen MR) is 86.9 cm³/mol. The molecule has 114 valence electrons. The fourth-order valence-electron chi connectivity index (χ4n) is 1.92. The van der Waals surface area contributed by atoms with Crippen LogP contribution in [0.2, 0.25) is 0 Å². The van der Waals surface area contributed by atoms with Gasteiger partial charge in [0.15, 0.2) is 5.16 Å². The van der Waals surface area contributed by atoms with Crippen molar-refractivity contribution in [1.29, 1.82) is 0 Å². The minimum atomic E-state index is -0.856. The lowest BCUT2D eigenvalue weighted by Crippen LogP contribution is -2.29. The zero-order chi connectivity index (χ0) is 15.6. The van der Waals surface area contributed by atoms with Gasteiger partial charge in [0.2, 0.25) is 0 Å². The molecule has 21 heavy (non-hydrogen) atoms. The van der Waals surface area contributed by atoms with Crippen LogP contribution in [0.15, 0.2) is 27.8 Å². The highest BCUT2D eigenvalue weighted by Crippen LogP contribution is 2.28. The van der Waals surface area contributed by atoms with Gasteiger partial charge in [-0.15, -0.1) is 0 Å². The fraction of sp³-hybridized carbons (Fsp3) is 0.429. The van der Waals surface area contributed by atoms with Crippen molar-refractivity contribution in [2.24, 2.45) is 0 Å². The van der Waals surface area contributed by atoms with E-state index in [9.17, 15) is 4.79 Å². The quantitative estimate of drug-likeness (QED) is 0.787. The van der Waals surface area contributed by atoms with Crippen molar-refractivity contribution >= 4 is 44.7 Å². The Hall–Kier alpha value is -1.05. The summed E-state index contributed by atoms with van der Waals surface area (Å²) < 4.78 is 8.44. The molecule has 0 bridgehead atoms. The van der Waals surface area contributed by atoms with Crippen molar-refractivity contribution in [3.05, 3.63) is 22.7 Å². The number of carboxylic acid groups (broad SMARTS) is 1. The Labute approximate surface area is 135 Å². The SMILES string of the molecule is COC(C)(C)Cn1c(SCC(=O)O)nc2cc(Br)ccc21. The number of rotatable bonds is 6. The van der Waals surface area contributed by atoms with Crippen molar-refractivity contribution in [2.75, 3.05) is 12.9 Å². The van der Waals surface area contributed by atoms with Crippen LogP contribution in [0.4, 0.5) is 0 Å². The molecule has 0 spiro atoms. The minimum absolute atomic E-state index is 0.0160. The molecule has 0 unspecified atom stereocenters. The van der Waals surface area contributed by atoms with E-state index in [2.05, 4.69) is 20.9 Å². The molecule has 1 aromatic carbocycles. The molecule has 0 saturated carbocycles. The molecule has 0 aliphatic carbocycles. The number of benzene rings is 1. The van der Waals surface area contributed by atoms with Gasteiger partial charge in [0, 0.05) is 11.6 Å². The minimum Gasteiger partial charge on any atom is -0.481 e. The highest BCUT2D eigenvalue weighted by molar-refractivity contribution is 9.10. The summed E-state index contributed by atoms with van der Waals surface area (Å²) in [5, 5.41) is 9.56. The normalized spacial score (nSPS) is 12.0. The Morgan fingerprint density at radius 1 is 1.52 bits per heavy atom. The molecule has 0 aliphatic rings. The summed E-state index contributed by atoms with van der Waals surface area (Å²) in [6.45, 7) is 4.58. The molecule has 1 N–H and O–H groups in total. The summed E-state index contributed by atoms with van der Waals surface area (Å²) in [6, 6.07) is 5.85. The lowest BCUT2D eigenvalue weighted by Gasteiger charge is -2.24. The summed E-state index contributed by atoms with van der Waals surface area (Å²) >= 11 is 4.65. The lowest BCUT2D eigenvalue weighted by molar-refractivity contribution is -0.133. The first kappa shape index (κ1) is 16.3. The Morgan fingerprint density at radius 3 is 2.86 bits per heavy atom. The topological polar surface area (TPSA) is 64.3 Å². The van der Waals surface area contributed by atoms with Gasteiger partial charge in [-0.2, -0.15) is 0 Å². The maximum absolute atomic E-state index is 10.8. The molecule has 0 atom stereocenters. The number of imidazole rings is 1. The lowest BCUT2D eigenvalue weighted by atomic mass is 10.1. The number of carbonyl (C=O) groups is 1. The molecule has 1 heterocycles. The summed E-state index contributed by atoms with van der Waals surface area (Å²) in [7, 11) is 1.67. The number of nitrogens with zero attached hydrogens (tertiary/aromatic N) is 2. The van der Waals surface area contributed by atoms with E-state index in [0.29, 0.717) is 11.7 Å². The number of thioether (sulfide) groups is 1. The maximum Gasteiger partial charge on any atom is 0.313 e. The van der Waals surface area contributed by atoms with Gasteiger partial charge in [-0.05, 0) is 32.0 Å². The molecule has 7 heteroatoms. The maximum atomic E-state index is 10.8. The van der Waals surface area contributed by atoms with Crippen molar-refractivity contribution in [2.45, 2.75) is 31.1 Å². The van der Waals surface area contributed by atoms with E-state index < -0.39 is 5.97 Å². The van der Waals surface area contributed by atoms with E-state index in [-0.39, 0.29) is 11.4 Å². The summed E-state index contributed by atoms with van der Waals surface area (Å²) in [6.07, 6.45) is 0. The smallest absolute Gasteiger partial charge is 0.313 e. The van der Waals surface area contributed by atoms with E-state index >= 15 is 0 Å². The Morgan fingerprint density at radius 2 is 2.24 bits per heavy atom. The summed E-state index contributed by atoms with van der Waals surface area (Å²) in [4.78, 5) is 15.3. The Kier molecular flexibility index (Phi) is 4.95. The van der Waals surface area contributed by atoms with Crippen molar-refractivity contribution in [3.8, 4) is 0 Å². The standard InChI is InChI=1S/C14H17BrN2O3S/c1-14(2,20-3)8-17-11-5-4-9(15)6-10(11)16-13(17)21-7-12(18)19/h4-6H,7-8H2,1-3H3,(H,18,19). The van der Waals surface area contributed by atoms with Crippen LogP contribution in [0, 0.1) is 0 Å². The number of aromatic nitrogens is 2. The average Bonchev–Trinajstić information content (AvgIpc) is 2.73. The van der Waals surface area contributed by atoms with Gasteiger partial charge in [0.25, 0.3) is 0 Å². The monoisotopic (exact) mass is 372 g/mol. The van der Waals surface area contributed by atoms with Crippen LogP contribution in [0.25, 0.3) is 11.0 Å². The number of methoxy groups -OCH3 is 1. The van der Waals surface area contributed by atoms with E-state index in [4.69, 9.17) is 9.84 Å². The van der Waals surface area contributed by atoms with E-state index in [1.54, 1.807) is 7.11 Å². The highest BCUT2D eigenvalue weighted by atomic mass is 79.9. The third-order valence-corrected chi connectivity index (χ3v) is 4.55. The third-order valence-electron chi connectivity index (χ3n) is 3.09. The molecule has 0 aliphatic heterocycles. The second kappa shape index (κ2) is 6.37. The number of ether oxygens (including phenoxy) is 1. The van der Waals surface area contributed by atoms with Crippen LogP contribution in [0.1, 0.15) is 13.8 Å². The zero-order valence-corrected chi connectivity index (χ0v) is 14.5. The van der Waals surface area contributed by atoms with Crippen LogP contribution in [-0.4, -0.2) is 39.1 Å². The van der Waals surface area contributed by atoms with Gasteiger partial charge in [-0.3, -0.25) is 4.79 Å². The molecule has 1 aromatic heterocycles. The first-order valence-electron chi connectivity index (χ1n) is 6.38. The number of aliphatic carboxylic acids is 1. The van der Waals surface area contributed by atoms with E-state index in [1.807, 2.05) is 36.6 Å². The molecule has 0 amide bonds. The largest absolute Gasteiger partial charge is 0.481 e. The van der Waals surface area contributed by atoms with Gasteiger partial charge >= 0.3 is 5.97 Å². The van der Waals surface area contributed by atoms with E-state index in [1.165, 1.54) is 11.8 Å². The highest BCUT2D eigenvalue weighted by Gasteiger charge is 2.22. The number of hydrogen-bond donors (Lipinski definition) is 1. The van der Waals surface area contributed by atoms with Crippen molar-refractivity contribution in [1.82, 2.24) is 9.55 Å². The fourth-order valence-corrected chi connectivity index (χ4v) is 3.00. The first-order valence-corrected chi connectivity index (χ1v) is 8.16. The van der Waals surface area contributed by atoms with Crippen LogP contribution in [0.5, 0.6) is 0 Å². The third kappa shape index (κ3) is 3.99. The average molecular weight is 373 g/mol. The predicted octanol–water partition coefficient (Wildman–Crippen LogP) is 3.40. The number of fused-ring (bicyclic) bond motifs is 1. The first-order chi connectivity index (χ1) is 9.82. The van der Waals surface area contributed by atoms with Crippen LogP contribution in [-0.2, 0) is 16.1 Å². The Balaban J connectivity index is 2.46. The summed E-state index contributed by atoms with van der Waals surface area (Å²) in [5.41, 5.74) is 1.44. The van der Waals surface area contributed by atoms with Gasteiger partial charge in [0.1, 0.15) is 0 Å². The van der Waals surface area contributed by atoms with Gasteiger partial charge < -0.3 is 14.4 Å². The summed E-state index contributed by atoms with van der Waals surface area (Å²) in [5.74, 6) is -0.872.